The molecule has 146 valence electrons. The molecule has 7 heteroatoms. The largest absolute Gasteiger partial charge is 0.339 e. The molecule has 1 aromatic rings. The van der Waals surface area contributed by atoms with Gasteiger partial charge in [0, 0.05) is 43.4 Å². The minimum atomic E-state index is -0.165. The van der Waals surface area contributed by atoms with Gasteiger partial charge in [-0.25, -0.2) is 4.79 Å². The number of nitrogens with one attached hydrogen (secondary N) is 1. The number of fused-ring (bicyclic) bond motifs is 2. The molecule has 0 spiro atoms. The molecule has 3 saturated heterocycles. The lowest BCUT2D eigenvalue weighted by atomic mass is 9.79. The number of piperazine rings is 1. The number of benzene rings is 1. The van der Waals surface area contributed by atoms with Crippen LogP contribution in [0.1, 0.15) is 24.8 Å². The van der Waals surface area contributed by atoms with Crippen molar-refractivity contribution in [1.29, 1.82) is 0 Å². The molecule has 3 heterocycles. The summed E-state index contributed by atoms with van der Waals surface area (Å²) in [6, 6.07) is 5.38. The van der Waals surface area contributed by atoms with Crippen LogP contribution in [-0.2, 0) is 4.79 Å². The maximum atomic E-state index is 13.1. The van der Waals surface area contributed by atoms with E-state index in [0.29, 0.717) is 42.8 Å². The zero-order chi connectivity index (χ0) is 19.0. The van der Waals surface area contributed by atoms with E-state index in [9.17, 15) is 9.59 Å². The Labute approximate surface area is 165 Å². The van der Waals surface area contributed by atoms with Gasteiger partial charge in [0.25, 0.3) is 0 Å². The van der Waals surface area contributed by atoms with E-state index < -0.39 is 0 Å². The van der Waals surface area contributed by atoms with Gasteiger partial charge in [-0.2, -0.15) is 0 Å². The predicted molar refractivity (Wildman–Crippen MR) is 106 cm³/mol. The third-order valence-corrected chi connectivity index (χ3v) is 6.70. The minimum Gasteiger partial charge on any atom is -0.339 e. The number of rotatable bonds is 2. The van der Waals surface area contributed by atoms with Crippen molar-refractivity contribution in [2.45, 2.75) is 26.2 Å². The van der Waals surface area contributed by atoms with Crippen LogP contribution >= 0.6 is 11.6 Å². The first-order valence-corrected chi connectivity index (χ1v) is 10.2. The molecular weight excluding hydrogens is 364 g/mol. The lowest BCUT2D eigenvalue weighted by molar-refractivity contribution is -0.144. The minimum absolute atomic E-state index is 0.134. The topological polar surface area (TPSA) is 55.9 Å². The number of hydrogen-bond acceptors (Lipinski definition) is 3. The number of nitrogens with zero attached hydrogens (tertiary/aromatic N) is 3. The molecule has 6 nitrogen and oxygen atoms in total. The quantitative estimate of drug-likeness (QED) is 0.844. The Morgan fingerprint density at radius 3 is 2.52 bits per heavy atom. The third-order valence-electron chi connectivity index (χ3n) is 6.29. The fraction of sp³-hybridized carbons (Fsp3) is 0.600. The highest BCUT2D eigenvalue weighted by molar-refractivity contribution is 6.31. The fourth-order valence-corrected chi connectivity index (χ4v) is 4.78. The van der Waals surface area contributed by atoms with Gasteiger partial charge in [-0.1, -0.05) is 17.7 Å². The van der Waals surface area contributed by atoms with E-state index in [1.807, 2.05) is 24.0 Å². The number of urea groups is 1. The number of hydrogen-bond donors (Lipinski definition) is 1. The van der Waals surface area contributed by atoms with E-state index in [1.165, 1.54) is 0 Å². The molecule has 4 rings (SSSR count). The Morgan fingerprint density at radius 2 is 1.78 bits per heavy atom. The van der Waals surface area contributed by atoms with E-state index in [-0.39, 0.29) is 11.4 Å². The predicted octanol–water partition coefficient (Wildman–Crippen LogP) is 2.81. The van der Waals surface area contributed by atoms with Gasteiger partial charge in [0.1, 0.15) is 0 Å². The maximum absolute atomic E-state index is 13.1. The second-order valence-electron chi connectivity index (χ2n) is 8.08. The zero-order valence-electron chi connectivity index (χ0n) is 15.8. The van der Waals surface area contributed by atoms with Crippen molar-refractivity contribution in [1.82, 2.24) is 14.7 Å². The molecule has 3 fully saturated rings. The molecule has 0 aromatic heterocycles. The molecule has 3 aliphatic heterocycles. The molecule has 27 heavy (non-hydrogen) atoms. The maximum Gasteiger partial charge on any atom is 0.321 e. The van der Waals surface area contributed by atoms with Crippen molar-refractivity contribution < 1.29 is 9.59 Å². The van der Waals surface area contributed by atoms with E-state index in [2.05, 4.69) is 10.2 Å². The second kappa shape index (κ2) is 7.32. The van der Waals surface area contributed by atoms with Crippen LogP contribution in [-0.4, -0.2) is 72.5 Å². The summed E-state index contributed by atoms with van der Waals surface area (Å²) in [6.07, 6.45) is 3.12. The molecule has 2 bridgehead atoms. The van der Waals surface area contributed by atoms with Gasteiger partial charge in [-0.3, -0.25) is 4.79 Å². The van der Waals surface area contributed by atoms with E-state index in [0.717, 1.165) is 44.5 Å². The summed E-state index contributed by atoms with van der Waals surface area (Å²) in [5.41, 5.74) is 1.51. The Balaban J connectivity index is 1.32. The number of amides is 3. The van der Waals surface area contributed by atoms with Gasteiger partial charge < -0.3 is 20.0 Å². The average Bonchev–Trinajstić information content (AvgIpc) is 2.99. The highest BCUT2D eigenvalue weighted by Gasteiger charge is 2.48. The molecule has 2 atom stereocenters. The number of carbonyl (C=O) groups excluding carboxylic acids is 2. The summed E-state index contributed by atoms with van der Waals surface area (Å²) in [5, 5.41) is 3.54. The van der Waals surface area contributed by atoms with Crippen molar-refractivity contribution >= 4 is 29.2 Å². The van der Waals surface area contributed by atoms with Crippen LogP contribution in [0.3, 0.4) is 0 Å². The molecule has 3 amide bonds. The summed E-state index contributed by atoms with van der Waals surface area (Å²) in [4.78, 5) is 31.8. The highest BCUT2D eigenvalue weighted by Crippen LogP contribution is 2.41. The molecule has 2 unspecified atom stereocenters. The zero-order valence-corrected chi connectivity index (χ0v) is 16.6. The van der Waals surface area contributed by atoms with Crippen molar-refractivity contribution in [2.75, 3.05) is 51.1 Å². The van der Waals surface area contributed by atoms with E-state index in [1.54, 1.807) is 11.0 Å². The standard InChI is InChI=1S/C20H27ClN4O2/c1-15-3-4-16(13-17(15)21)22-19(27)25-11-9-24(10-12-25)18(26)20-5-2-7-23(14-20)8-6-20/h3-4,13H,2,5-12,14H2,1H3,(H,22,27). The first kappa shape index (κ1) is 18.6. The first-order valence-electron chi connectivity index (χ1n) is 9.81. The number of carbonyl (C=O) groups is 2. The Kier molecular flexibility index (Phi) is 5.03. The van der Waals surface area contributed by atoms with E-state index >= 15 is 0 Å². The summed E-state index contributed by atoms with van der Waals surface area (Å²) >= 11 is 6.13. The van der Waals surface area contributed by atoms with Gasteiger partial charge in [-0.05, 0) is 57.0 Å². The summed E-state index contributed by atoms with van der Waals surface area (Å²) in [5.74, 6) is 0.301. The van der Waals surface area contributed by atoms with Gasteiger partial charge in [0.15, 0.2) is 0 Å². The van der Waals surface area contributed by atoms with Gasteiger partial charge in [0.05, 0.1) is 5.41 Å². The van der Waals surface area contributed by atoms with E-state index in [4.69, 9.17) is 11.6 Å². The molecule has 1 aromatic carbocycles. The molecule has 1 N–H and O–H groups in total. The van der Waals surface area contributed by atoms with Crippen LogP contribution in [0.4, 0.5) is 10.5 Å². The molecule has 0 saturated carbocycles. The number of piperidine rings is 1. The number of aryl methyl sites for hydroxylation is 1. The monoisotopic (exact) mass is 390 g/mol. The summed E-state index contributed by atoms with van der Waals surface area (Å²) in [6.45, 7) is 7.39. The van der Waals surface area contributed by atoms with Gasteiger partial charge in [0.2, 0.25) is 5.91 Å². The molecular formula is C20H27ClN4O2. The average molecular weight is 391 g/mol. The lowest BCUT2D eigenvalue weighted by Crippen LogP contribution is -2.56. The summed E-state index contributed by atoms with van der Waals surface area (Å²) < 4.78 is 0. The summed E-state index contributed by atoms with van der Waals surface area (Å²) in [7, 11) is 0. The molecule has 0 radical (unpaired) electrons. The third kappa shape index (κ3) is 3.65. The highest BCUT2D eigenvalue weighted by atomic mass is 35.5. The Hall–Kier alpha value is -1.79. The van der Waals surface area contributed by atoms with Crippen molar-refractivity contribution in [2.24, 2.45) is 5.41 Å². The van der Waals surface area contributed by atoms with Crippen molar-refractivity contribution in [3.05, 3.63) is 28.8 Å². The molecule has 3 aliphatic rings. The van der Waals surface area contributed by atoms with Crippen LogP contribution in [0.5, 0.6) is 0 Å². The normalized spacial score (nSPS) is 27.6. The van der Waals surface area contributed by atoms with Crippen molar-refractivity contribution in [3.8, 4) is 0 Å². The van der Waals surface area contributed by atoms with Gasteiger partial charge in [-0.15, -0.1) is 0 Å². The van der Waals surface area contributed by atoms with Crippen LogP contribution in [0, 0.1) is 12.3 Å². The van der Waals surface area contributed by atoms with Crippen LogP contribution < -0.4 is 5.32 Å². The SMILES string of the molecule is Cc1ccc(NC(=O)N2CCN(C(=O)C34CCCN(CC3)C4)CC2)cc1Cl. The van der Waals surface area contributed by atoms with Crippen molar-refractivity contribution in [3.63, 3.8) is 0 Å². The van der Waals surface area contributed by atoms with Crippen LogP contribution in [0.2, 0.25) is 5.02 Å². The van der Waals surface area contributed by atoms with Crippen LogP contribution in [0.15, 0.2) is 18.2 Å². The second-order valence-corrected chi connectivity index (χ2v) is 8.49. The fourth-order valence-electron chi connectivity index (χ4n) is 4.60. The lowest BCUT2D eigenvalue weighted by Gasteiger charge is -2.41. The number of anilines is 1. The van der Waals surface area contributed by atoms with Gasteiger partial charge >= 0.3 is 6.03 Å². The number of halogens is 1. The smallest absolute Gasteiger partial charge is 0.321 e. The Bertz CT molecular complexity index is 743. The molecule has 0 aliphatic carbocycles. The van der Waals surface area contributed by atoms with Crippen LogP contribution in [0.25, 0.3) is 0 Å². The first-order chi connectivity index (χ1) is 13.0. The Morgan fingerprint density at radius 1 is 1.04 bits per heavy atom.